The number of rotatable bonds is 5. The Kier molecular flexibility index (Phi) is 4.84. The van der Waals surface area contributed by atoms with E-state index in [0.29, 0.717) is 19.0 Å². The van der Waals surface area contributed by atoms with Gasteiger partial charge >= 0.3 is 0 Å². The van der Waals surface area contributed by atoms with E-state index < -0.39 is 0 Å². The van der Waals surface area contributed by atoms with Crippen LogP contribution >= 0.6 is 0 Å². The number of amidine groups is 1. The lowest BCUT2D eigenvalue weighted by atomic mass is 10.1. The molecule has 0 bridgehead atoms. The molecule has 0 atom stereocenters. The molecule has 0 heterocycles. The molecule has 15 heavy (non-hydrogen) atoms. The summed E-state index contributed by atoms with van der Waals surface area (Å²) in [7, 11) is 1.66. The Morgan fingerprint density at radius 3 is 2.80 bits per heavy atom. The van der Waals surface area contributed by atoms with Gasteiger partial charge in [0.25, 0.3) is 0 Å². The molecule has 1 aromatic carbocycles. The third-order valence-corrected chi connectivity index (χ3v) is 2.24. The lowest BCUT2D eigenvalue weighted by Crippen LogP contribution is -2.17. The van der Waals surface area contributed by atoms with Crippen LogP contribution in [0.2, 0.25) is 0 Å². The molecule has 0 amide bonds. The Hall–Kier alpha value is -1.35. The first-order chi connectivity index (χ1) is 7.24. The molecule has 0 fully saturated rings. The van der Waals surface area contributed by atoms with Gasteiger partial charge in [-0.2, -0.15) is 0 Å². The number of aliphatic imine (C=N–C) groups is 1. The molecule has 3 nitrogen and oxygen atoms in total. The SMILES string of the molecule is COCCN=C(N)Cc1ccccc1C. The van der Waals surface area contributed by atoms with Crippen molar-refractivity contribution in [1.82, 2.24) is 0 Å². The van der Waals surface area contributed by atoms with E-state index >= 15 is 0 Å². The second-order valence-corrected chi connectivity index (χ2v) is 3.47. The highest BCUT2D eigenvalue weighted by Gasteiger charge is 1.99. The number of benzene rings is 1. The Bertz CT molecular complexity index is 334. The number of aryl methyl sites for hydroxylation is 1. The predicted molar refractivity (Wildman–Crippen MR) is 63.2 cm³/mol. The lowest BCUT2D eigenvalue weighted by molar-refractivity contribution is 0.208. The van der Waals surface area contributed by atoms with Gasteiger partial charge in [0.1, 0.15) is 0 Å². The van der Waals surface area contributed by atoms with E-state index in [1.807, 2.05) is 12.1 Å². The molecule has 3 heteroatoms. The van der Waals surface area contributed by atoms with Crippen molar-refractivity contribution >= 4 is 5.84 Å². The van der Waals surface area contributed by atoms with Crippen LogP contribution in [0.3, 0.4) is 0 Å². The maximum atomic E-state index is 5.81. The number of hydrogen-bond acceptors (Lipinski definition) is 2. The van der Waals surface area contributed by atoms with Crippen LogP contribution in [0.1, 0.15) is 11.1 Å². The molecule has 82 valence electrons. The molecule has 0 aliphatic rings. The van der Waals surface area contributed by atoms with Crippen LogP contribution in [0.15, 0.2) is 29.3 Å². The average Bonchev–Trinajstić information content (AvgIpc) is 2.22. The van der Waals surface area contributed by atoms with E-state index in [-0.39, 0.29) is 0 Å². The number of methoxy groups -OCH3 is 1. The van der Waals surface area contributed by atoms with Crippen LogP contribution < -0.4 is 5.73 Å². The van der Waals surface area contributed by atoms with Gasteiger partial charge in [-0.05, 0) is 18.1 Å². The Morgan fingerprint density at radius 1 is 1.40 bits per heavy atom. The Labute approximate surface area is 91.0 Å². The van der Waals surface area contributed by atoms with Crippen LogP contribution in [-0.2, 0) is 11.2 Å². The van der Waals surface area contributed by atoms with Gasteiger partial charge in [0.2, 0.25) is 0 Å². The molecule has 0 spiro atoms. The fourth-order valence-electron chi connectivity index (χ4n) is 1.34. The predicted octanol–water partition coefficient (Wildman–Crippen LogP) is 1.54. The smallest absolute Gasteiger partial charge is 0.0982 e. The van der Waals surface area contributed by atoms with E-state index in [2.05, 4.69) is 24.0 Å². The van der Waals surface area contributed by atoms with Gasteiger partial charge in [0.05, 0.1) is 19.0 Å². The summed E-state index contributed by atoms with van der Waals surface area (Å²) in [5.41, 5.74) is 8.29. The van der Waals surface area contributed by atoms with Crippen molar-refractivity contribution in [3.8, 4) is 0 Å². The molecule has 0 aromatic heterocycles. The van der Waals surface area contributed by atoms with Gasteiger partial charge in [0.15, 0.2) is 0 Å². The first kappa shape index (κ1) is 11.7. The number of hydrogen-bond donors (Lipinski definition) is 1. The van der Waals surface area contributed by atoms with E-state index in [4.69, 9.17) is 10.5 Å². The summed E-state index contributed by atoms with van der Waals surface area (Å²) in [5, 5.41) is 0. The van der Waals surface area contributed by atoms with E-state index in [0.717, 1.165) is 6.42 Å². The van der Waals surface area contributed by atoms with Crippen molar-refractivity contribution in [3.05, 3.63) is 35.4 Å². The summed E-state index contributed by atoms with van der Waals surface area (Å²) < 4.78 is 4.90. The van der Waals surface area contributed by atoms with Crippen molar-refractivity contribution < 1.29 is 4.74 Å². The molecule has 0 saturated heterocycles. The topological polar surface area (TPSA) is 47.6 Å². The van der Waals surface area contributed by atoms with Gasteiger partial charge in [0, 0.05) is 13.5 Å². The van der Waals surface area contributed by atoms with Crippen molar-refractivity contribution in [3.63, 3.8) is 0 Å². The highest BCUT2D eigenvalue weighted by molar-refractivity contribution is 5.82. The van der Waals surface area contributed by atoms with Gasteiger partial charge in [-0.1, -0.05) is 24.3 Å². The Morgan fingerprint density at radius 2 is 2.13 bits per heavy atom. The number of nitrogens with zero attached hydrogens (tertiary/aromatic N) is 1. The fraction of sp³-hybridized carbons (Fsp3) is 0.417. The molecular formula is C12H18N2O. The van der Waals surface area contributed by atoms with E-state index in [1.165, 1.54) is 11.1 Å². The molecule has 0 unspecified atom stereocenters. The zero-order valence-corrected chi connectivity index (χ0v) is 9.36. The van der Waals surface area contributed by atoms with Gasteiger partial charge in [-0.3, -0.25) is 4.99 Å². The average molecular weight is 206 g/mol. The maximum absolute atomic E-state index is 5.81. The lowest BCUT2D eigenvalue weighted by Gasteiger charge is -2.04. The monoisotopic (exact) mass is 206 g/mol. The summed E-state index contributed by atoms with van der Waals surface area (Å²) in [6.45, 7) is 3.33. The summed E-state index contributed by atoms with van der Waals surface area (Å²) in [5.74, 6) is 0.668. The Balaban J connectivity index is 2.54. The van der Waals surface area contributed by atoms with Crippen molar-refractivity contribution in [2.45, 2.75) is 13.3 Å². The van der Waals surface area contributed by atoms with E-state index in [9.17, 15) is 0 Å². The number of nitrogens with two attached hydrogens (primary N) is 1. The quantitative estimate of drug-likeness (QED) is 0.451. The van der Waals surface area contributed by atoms with Crippen molar-refractivity contribution in [2.24, 2.45) is 10.7 Å². The van der Waals surface area contributed by atoms with Crippen molar-refractivity contribution in [2.75, 3.05) is 20.3 Å². The summed E-state index contributed by atoms with van der Waals surface area (Å²) in [4.78, 5) is 4.22. The van der Waals surface area contributed by atoms with E-state index in [1.54, 1.807) is 7.11 Å². The largest absolute Gasteiger partial charge is 0.387 e. The highest BCUT2D eigenvalue weighted by Crippen LogP contribution is 2.07. The normalized spacial score (nSPS) is 11.7. The van der Waals surface area contributed by atoms with Gasteiger partial charge in [-0.15, -0.1) is 0 Å². The zero-order valence-electron chi connectivity index (χ0n) is 9.36. The number of ether oxygens (including phenoxy) is 1. The second-order valence-electron chi connectivity index (χ2n) is 3.47. The minimum absolute atomic E-state index is 0.620. The fourth-order valence-corrected chi connectivity index (χ4v) is 1.34. The molecule has 0 aliphatic heterocycles. The molecule has 2 N–H and O–H groups in total. The molecule has 0 saturated carbocycles. The summed E-state index contributed by atoms with van der Waals surface area (Å²) >= 11 is 0. The summed E-state index contributed by atoms with van der Waals surface area (Å²) in [6, 6.07) is 8.20. The molecular weight excluding hydrogens is 188 g/mol. The van der Waals surface area contributed by atoms with Crippen LogP contribution in [0.5, 0.6) is 0 Å². The third-order valence-electron chi connectivity index (χ3n) is 2.24. The zero-order chi connectivity index (χ0) is 11.1. The minimum atomic E-state index is 0.620. The van der Waals surface area contributed by atoms with Crippen LogP contribution in [0.25, 0.3) is 0 Å². The van der Waals surface area contributed by atoms with Crippen molar-refractivity contribution in [1.29, 1.82) is 0 Å². The molecule has 1 aromatic rings. The maximum Gasteiger partial charge on any atom is 0.0982 e. The first-order valence-electron chi connectivity index (χ1n) is 5.06. The van der Waals surface area contributed by atoms with Gasteiger partial charge in [-0.25, -0.2) is 0 Å². The molecule has 0 radical (unpaired) electrons. The van der Waals surface area contributed by atoms with Crippen LogP contribution in [0.4, 0.5) is 0 Å². The highest BCUT2D eigenvalue weighted by atomic mass is 16.5. The first-order valence-corrected chi connectivity index (χ1v) is 5.06. The molecule has 0 aliphatic carbocycles. The van der Waals surface area contributed by atoms with Gasteiger partial charge < -0.3 is 10.5 Å². The summed E-state index contributed by atoms with van der Waals surface area (Å²) in [6.07, 6.45) is 0.719. The standard InChI is InChI=1S/C12H18N2O/c1-10-5-3-4-6-11(10)9-12(13)14-7-8-15-2/h3-6H,7-9H2,1-2H3,(H2,13,14). The van der Waals surface area contributed by atoms with Crippen LogP contribution in [0, 0.1) is 6.92 Å². The van der Waals surface area contributed by atoms with Crippen LogP contribution in [-0.4, -0.2) is 26.1 Å². The second kappa shape index (κ2) is 6.19. The molecule has 1 rings (SSSR count). The third kappa shape index (κ3) is 4.13. The minimum Gasteiger partial charge on any atom is -0.387 e.